The molecule has 2 rings (SSSR count). The number of carbonyl (C=O) groups is 1. The van der Waals surface area contributed by atoms with E-state index in [4.69, 9.17) is 4.74 Å². The lowest BCUT2D eigenvalue weighted by molar-refractivity contribution is 0.0757. The molecule has 1 heterocycles. The SMILES string of the molecule is CC(C)OCCCNC(=O)c1ccc2c(c1)N(S(C)(=O)=O)CC2. The molecule has 1 aromatic carbocycles. The molecule has 0 saturated carbocycles. The molecule has 6 nitrogen and oxygen atoms in total. The first kappa shape index (κ1) is 17.7. The highest BCUT2D eigenvalue weighted by molar-refractivity contribution is 7.92. The fourth-order valence-electron chi connectivity index (χ4n) is 2.53. The molecule has 1 N–H and O–H groups in total. The minimum atomic E-state index is -3.31. The first-order valence-electron chi connectivity index (χ1n) is 7.79. The molecule has 7 heteroatoms. The predicted molar refractivity (Wildman–Crippen MR) is 90.4 cm³/mol. The van der Waals surface area contributed by atoms with Gasteiger partial charge in [-0.25, -0.2) is 8.42 Å². The minimum Gasteiger partial charge on any atom is -0.379 e. The van der Waals surface area contributed by atoms with E-state index in [1.54, 1.807) is 12.1 Å². The summed E-state index contributed by atoms with van der Waals surface area (Å²) in [6.07, 6.45) is 2.79. The van der Waals surface area contributed by atoms with Gasteiger partial charge in [0.15, 0.2) is 0 Å². The molecule has 0 radical (unpaired) electrons. The van der Waals surface area contributed by atoms with Crippen molar-refractivity contribution < 1.29 is 17.9 Å². The average Bonchev–Trinajstić information content (AvgIpc) is 2.89. The topological polar surface area (TPSA) is 75.7 Å². The van der Waals surface area contributed by atoms with Gasteiger partial charge in [0.05, 0.1) is 18.0 Å². The van der Waals surface area contributed by atoms with Crippen LogP contribution in [0.1, 0.15) is 36.2 Å². The highest BCUT2D eigenvalue weighted by Crippen LogP contribution is 2.30. The number of nitrogens with one attached hydrogen (secondary N) is 1. The van der Waals surface area contributed by atoms with Crippen LogP contribution in [-0.2, 0) is 21.2 Å². The zero-order valence-electron chi connectivity index (χ0n) is 13.8. The van der Waals surface area contributed by atoms with Crippen molar-refractivity contribution in [3.8, 4) is 0 Å². The lowest BCUT2D eigenvalue weighted by atomic mass is 10.1. The molecular weight excluding hydrogens is 316 g/mol. The average molecular weight is 340 g/mol. The van der Waals surface area contributed by atoms with E-state index in [1.807, 2.05) is 19.9 Å². The number of sulfonamides is 1. The number of amides is 1. The zero-order valence-corrected chi connectivity index (χ0v) is 14.6. The van der Waals surface area contributed by atoms with Crippen molar-refractivity contribution in [3.05, 3.63) is 29.3 Å². The normalized spacial score (nSPS) is 14.2. The van der Waals surface area contributed by atoms with Crippen molar-refractivity contribution in [2.75, 3.05) is 30.3 Å². The Morgan fingerprint density at radius 3 is 2.78 bits per heavy atom. The largest absolute Gasteiger partial charge is 0.379 e. The van der Waals surface area contributed by atoms with Crippen molar-refractivity contribution in [2.45, 2.75) is 32.8 Å². The van der Waals surface area contributed by atoms with Gasteiger partial charge in [0.1, 0.15) is 0 Å². The lowest BCUT2D eigenvalue weighted by Gasteiger charge is -2.17. The Kier molecular flexibility index (Phi) is 5.64. The molecule has 128 valence electrons. The standard InChI is InChI=1S/C16H24N2O4S/c1-12(2)22-10-4-8-17-16(19)14-6-5-13-7-9-18(15(13)11-14)23(3,20)21/h5-6,11-12H,4,7-10H2,1-3H3,(H,17,19). The minimum absolute atomic E-state index is 0.185. The van der Waals surface area contributed by atoms with E-state index in [2.05, 4.69) is 5.32 Å². The molecule has 1 aliphatic rings. The van der Waals surface area contributed by atoms with Gasteiger partial charge in [0.25, 0.3) is 5.91 Å². The monoisotopic (exact) mass is 340 g/mol. The third-order valence-corrected chi connectivity index (χ3v) is 4.84. The number of hydrogen-bond acceptors (Lipinski definition) is 4. The van der Waals surface area contributed by atoms with Crippen LogP contribution in [0.25, 0.3) is 0 Å². The first-order valence-corrected chi connectivity index (χ1v) is 9.64. The van der Waals surface area contributed by atoms with Gasteiger partial charge < -0.3 is 10.1 Å². The van der Waals surface area contributed by atoms with Gasteiger partial charge in [0, 0.05) is 25.3 Å². The van der Waals surface area contributed by atoms with Crippen LogP contribution in [0.15, 0.2) is 18.2 Å². The molecule has 0 saturated heterocycles. The maximum absolute atomic E-state index is 12.2. The number of fused-ring (bicyclic) bond motifs is 1. The number of rotatable bonds is 7. The van der Waals surface area contributed by atoms with Crippen molar-refractivity contribution in [3.63, 3.8) is 0 Å². The van der Waals surface area contributed by atoms with Crippen LogP contribution in [0, 0.1) is 0 Å². The summed E-state index contributed by atoms with van der Waals surface area (Å²) in [4.78, 5) is 12.2. The summed E-state index contributed by atoms with van der Waals surface area (Å²) in [5, 5.41) is 2.83. The maximum atomic E-state index is 12.2. The van der Waals surface area contributed by atoms with Crippen molar-refractivity contribution >= 4 is 21.6 Å². The van der Waals surface area contributed by atoms with E-state index >= 15 is 0 Å². The summed E-state index contributed by atoms with van der Waals surface area (Å²) in [6.45, 7) is 5.50. The molecule has 0 bridgehead atoms. The van der Waals surface area contributed by atoms with Gasteiger partial charge in [-0.2, -0.15) is 0 Å². The lowest BCUT2D eigenvalue weighted by Crippen LogP contribution is -2.28. The van der Waals surface area contributed by atoms with Gasteiger partial charge >= 0.3 is 0 Å². The molecule has 0 aliphatic carbocycles. The Morgan fingerprint density at radius 2 is 2.13 bits per heavy atom. The van der Waals surface area contributed by atoms with Crippen molar-refractivity contribution in [2.24, 2.45) is 0 Å². The Labute approximate surface area is 137 Å². The molecule has 1 aromatic rings. The molecular formula is C16H24N2O4S. The number of ether oxygens (including phenoxy) is 1. The fraction of sp³-hybridized carbons (Fsp3) is 0.562. The Morgan fingerprint density at radius 1 is 1.39 bits per heavy atom. The number of nitrogens with zero attached hydrogens (tertiary/aromatic N) is 1. The number of carbonyl (C=O) groups excluding carboxylic acids is 1. The second-order valence-corrected chi connectivity index (χ2v) is 7.86. The second-order valence-electron chi connectivity index (χ2n) is 5.96. The summed E-state index contributed by atoms with van der Waals surface area (Å²) in [7, 11) is -3.31. The molecule has 0 unspecified atom stereocenters. The Bertz CT molecular complexity index is 671. The fourth-order valence-corrected chi connectivity index (χ4v) is 3.48. The van der Waals surface area contributed by atoms with Gasteiger partial charge in [-0.05, 0) is 44.4 Å². The van der Waals surface area contributed by atoms with E-state index in [0.29, 0.717) is 37.4 Å². The van der Waals surface area contributed by atoms with Crippen LogP contribution < -0.4 is 9.62 Å². The Hall–Kier alpha value is -1.60. The maximum Gasteiger partial charge on any atom is 0.251 e. The molecule has 0 atom stereocenters. The summed E-state index contributed by atoms with van der Waals surface area (Å²) in [5.74, 6) is -0.197. The number of anilines is 1. The predicted octanol–water partition coefficient (Wildman–Crippen LogP) is 1.55. The second kappa shape index (κ2) is 7.31. The molecule has 0 fully saturated rings. The van der Waals surface area contributed by atoms with E-state index in [9.17, 15) is 13.2 Å². The van der Waals surface area contributed by atoms with Crippen molar-refractivity contribution in [1.29, 1.82) is 0 Å². The number of hydrogen-bond donors (Lipinski definition) is 1. The number of benzene rings is 1. The van der Waals surface area contributed by atoms with Gasteiger partial charge in [-0.1, -0.05) is 6.07 Å². The van der Waals surface area contributed by atoms with Gasteiger partial charge in [-0.15, -0.1) is 0 Å². The van der Waals surface area contributed by atoms with Crippen LogP contribution >= 0.6 is 0 Å². The zero-order chi connectivity index (χ0) is 17.0. The van der Waals surface area contributed by atoms with E-state index in [-0.39, 0.29) is 12.0 Å². The summed E-state index contributed by atoms with van der Waals surface area (Å²) in [5.41, 5.74) is 2.05. The first-order chi connectivity index (χ1) is 10.8. The van der Waals surface area contributed by atoms with Gasteiger partial charge in [0.2, 0.25) is 10.0 Å². The van der Waals surface area contributed by atoms with Crippen LogP contribution in [0.3, 0.4) is 0 Å². The molecule has 0 aromatic heterocycles. The van der Waals surface area contributed by atoms with Crippen molar-refractivity contribution in [1.82, 2.24) is 5.32 Å². The third-order valence-electron chi connectivity index (χ3n) is 3.66. The van der Waals surface area contributed by atoms with E-state index in [1.165, 1.54) is 10.6 Å². The smallest absolute Gasteiger partial charge is 0.251 e. The summed E-state index contributed by atoms with van der Waals surface area (Å²) in [6, 6.07) is 5.23. The van der Waals surface area contributed by atoms with Gasteiger partial charge in [-0.3, -0.25) is 9.10 Å². The molecule has 0 spiro atoms. The highest BCUT2D eigenvalue weighted by Gasteiger charge is 2.26. The van der Waals surface area contributed by atoms with Crippen LogP contribution in [-0.4, -0.2) is 46.4 Å². The molecule has 1 amide bonds. The van der Waals surface area contributed by atoms with E-state index in [0.717, 1.165) is 12.0 Å². The van der Waals surface area contributed by atoms with Crippen LogP contribution in [0.2, 0.25) is 0 Å². The van der Waals surface area contributed by atoms with Crippen LogP contribution in [0.4, 0.5) is 5.69 Å². The molecule has 23 heavy (non-hydrogen) atoms. The highest BCUT2D eigenvalue weighted by atomic mass is 32.2. The third kappa shape index (κ3) is 4.68. The quantitative estimate of drug-likeness (QED) is 0.764. The van der Waals surface area contributed by atoms with Crippen LogP contribution in [0.5, 0.6) is 0 Å². The summed E-state index contributed by atoms with van der Waals surface area (Å²) >= 11 is 0. The molecule has 1 aliphatic heterocycles. The van der Waals surface area contributed by atoms with E-state index < -0.39 is 10.0 Å². The Balaban J connectivity index is 1.98. The summed E-state index contributed by atoms with van der Waals surface area (Å²) < 4.78 is 30.3.